The average molecular weight is 114 g/mol. The molecule has 1 aliphatic heterocycles. The zero-order valence-electron chi connectivity index (χ0n) is 4.93. The number of hydrogen-bond acceptors (Lipinski definition) is 2. The van der Waals surface area contributed by atoms with Crippen LogP contribution >= 0.6 is 0 Å². The van der Waals surface area contributed by atoms with Gasteiger partial charge in [-0.2, -0.15) is 5.43 Å². The van der Waals surface area contributed by atoms with Gasteiger partial charge in [0.2, 0.25) is 0 Å². The molecule has 1 heterocycles. The van der Waals surface area contributed by atoms with Gasteiger partial charge >= 0.3 is 0 Å². The first-order chi connectivity index (χ1) is 3.93. The monoisotopic (exact) mass is 114 g/mol. The maximum absolute atomic E-state index is 5.38. The second kappa shape index (κ2) is 3.02. The molecule has 1 atom stereocenters. The standard InChI is InChI=1S/C5H12N3/c6-4-5-2-1-3-7-8-5/h5,8H,1-4,6H2. The summed E-state index contributed by atoms with van der Waals surface area (Å²) in [5.74, 6) is 0. The second-order valence-corrected chi connectivity index (χ2v) is 2.09. The Kier molecular flexibility index (Phi) is 2.27. The van der Waals surface area contributed by atoms with Crippen LogP contribution in [0.25, 0.3) is 0 Å². The molecule has 0 spiro atoms. The fourth-order valence-corrected chi connectivity index (χ4v) is 0.845. The number of rotatable bonds is 1. The van der Waals surface area contributed by atoms with Crippen molar-refractivity contribution in [1.29, 1.82) is 0 Å². The van der Waals surface area contributed by atoms with Crippen LogP contribution < -0.4 is 16.6 Å². The summed E-state index contributed by atoms with van der Waals surface area (Å²) in [7, 11) is 0. The Balaban J connectivity index is 2.13. The van der Waals surface area contributed by atoms with E-state index >= 15 is 0 Å². The Morgan fingerprint density at radius 1 is 1.75 bits per heavy atom. The lowest BCUT2D eigenvalue weighted by Gasteiger charge is -2.20. The molecule has 47 valence electrons. The molecule has 1 radical (unpaired) electrons. The van der Waals surface area contributed by atoms with Crippen LogP contribution in [0.4, 0.5) is 0 Å². The molecule has 3 nitrogen and oxygen atoms in total. The molecule has 1 aliphatic rings. The fraction of sp³-hybridized carbons (Fsp3) is 1.00. The van der Waals surface area contributed by atoms with Crippen molar-refractivity contribution in [2.45, 2.75) is 18.9 Å². The first kappa shape index (κ1) is 6.01. The highest BCUT2D eigenvalue weighted by atomic mass is 15.4. The Hall–Kier alpha value is -0.120. The van der Waals surface area contributed by atoms with Crippen LogP contribution in [0.2, 0.25) is 0 Å². The fourth-order valence-electron chi connectivity index (χ4n) is 0.845. The summed E-state index contributed by atoms with van der Waals surface area (Å²) in [6.07, 6.45) is 2.37. The number of nitrogens with one attached hydrogen (secondary N) is 1. The van der Waals surface area contributed by atoms with Gasteiger partial charge in [-0.3, -0.25) is 0 Å². The van der Waals surface area contributed by atoms with E-state index in [0.29, 0.717) is 12.6 Å². The van der Waals surface area contributed by atoms with Gasteiger partial charge in [0.15, 0.2) is 0 Å². The van der Waals surface area contributed by atoms with E-state index in [0.717, 1.165) is 6.54 Å². The van der Waals surface area contributed by atoms with Gasteiger partial charge in [0.1, 0.15) is 0 Å². The normalized spacial score (nSPS) is 30.4. The molecule has 1 unspecified atom stereocenters. The smallest absolute Gasteiger partial charge is 0.0352 e. The molecular weight excluding hydrogens is 102 g/mol. The number of nitrogens with two attached hydrogens (primary N) is 1. The van der Waals surface area contributed by atoms with Gasteiger partial charge in [0, 0.05) is 19.1 Å². The Labute approximate surface area is 49.6 Å². The minimum absolute atomic E-state index is 0.448. The summed E-state index contributed by atoms with van der Waals surface area (Å²) in [4.78, 5) is 0. The Bertz CT molecular complexity index is 58.7. The van der Waals surface area contributed by atoms with Gasteiger partial charge in [-0.05, 0) is 12.8 Å². The van der Waals surface area contributed by atoms with Crippen molar-refractivity contribution in [1.82, 2.24) is 10.9 Å². The predicted molar refractivity (Wildman–Crippen MR) is 32.2 cm³/mol. The van der Waals surface area contributed by atoms with E-state index in [1.54, 1.807) is 0 Å². The molecule has 0 aromatic heterocycles. The molecule has 0 aliphatic carbocycles. The summed E-state index contributed by atoms with van der Waals surface area (Å²) >= 11 is 0. The van der Waals surface area contributed by atoms with E-state index in [1.165, 1.54) is 12.8 Å². The zero-order valence-corrected chi connectivity index (χ0v) is 4.93. The third-order valence-corrected chi connectivity index (χ3v) is 1.38. The van der Waals surface area contributed by atoms with E-state index in [9.17, 15) is 0 Å². The van der Waals surface area contributed by atoms with E-state index < -0.39 is 0 Å². The highest BCUT2D eigenvalue weighted by Crippen LogP contribution is 1.97. The summed E-state index contributed by atoms with van der Waals surface area (Å²) < 4.78 is 0. The maximum Gasteiger partial charge on any atom is 0.0352 e. The summed E-state index contributed by atoms with van der Waals surface area (Å²) in [5, 5.41) is 0. The van der Waals surface area contributed by atoms with Crippen molar-refractivity contribution in [3.8, 4) is 0 Å². The first-order valence-corrected chi connectivity index (χ1v) is 3.05. The van der Waals surface area contributed by atoms with Gasteiger partial charge in [0.05, 0.1) is 0 Å². The second-order valence-electron chi connectivity index (χ2n) is 2.09. The molecule has 3 N–H and O–H groups in total. The minimum Gasteiger partial charge on any atom is -0.329 e. The van der Waals surface area contributed by atoms with Crippen LogP contribution in [0.1, 0.15) is 12.8 Å². The van der Waals surface area contributed by atoms with E-state index in [1.807, 2.05) is 0 Å². The van der Waals surface area contributed by atoms with Crippen molar-refractivity contribution in [3.05, 3.63) is 0 Å². The molecule has 3 heteroatoms. The molecule has 0 bridgehead atoms. The summed E-state index contributed by atoms with van der Waals surface area (Å²) in [6.45, 7) is 1.67. The third kappa shape index (κ3) is 1.43. The zero-order chi connectivity index (χ0) is 5.82. The van der Waals surface area contributed by atoms with Crippen LogP contribution in [0.3, 0.4) is 0 Å². The molecule has 8 heavy (non-hydrogen) atoms. The lowest BCUT2D eigenvalue weighted by molar-refractivity contribution is 0.341. The van der Waals surface area contributed by atoms with Crippen LogP contribution in [0, 0.1) is 0 Å². The number of hydrogen-bond donors (Lipinski definition) is 2. The first-order valence-electron chi connectivity index (χ1n) is 3.05. The Morgan fingerprint density at radius 2 is 2.62 bits per heavy atom. The van der Waals surface area contributed by atoms with Crippen molar-refractivity contribution in [2.75, 3.05) is 13.1 Å². The van der Waals surface area contributed by atoms with E-state index in [4.69, 9.17) is 5.73 Å². The van der Waals surface area contributed by atoms with Crippen molar-refractivity contribution < 1.29 is 0 Å². The topological polar surface area (TPSA) is 52.2 Å². The predicted octanol–water partition coefficient (Wildman–Crippen LogP) is -0.784. The SMILES string of the molecule is NCC1CCC[N]N1. The maximum atomic E-state index is 5.38. The average Bonchev–Trinajstić information content (AvgIpc) is 1.90. The molecule has 1 fully saturated rings. The minimum atomic E-state index is 0.448. The lowest BCUT2D eigenvalue weighted by Crippen LogP contribution is -2.45. The largest absolute Gasteiger partial charge is 0.329 e. The lowest BCUT2D eigenvalue weighted by atomic mass is 10.1. The van der Waals surface area contributed by atoms with Gasteiger partial charge in [-0.15, -0.1) is 0 Å². The van der Waals surface area contributed by atoms with Gasteiger partial charge < -0.3 is 5.73 Å². The molecule has 0 aromatic rings. The summed E-state index contributed by atoms with van der Waals surface area (Å²) in [5.41, 5.74) is 12.3. The Morgan fingerprint density at radius 3 is 3.00 bits per heavy atom. The van der Waals surface area contributed by atoms with E-state index in [-0.39, 0.29) is 0 Å². The molecule has 0 aromatic carbocycles. The molecule has 1 saturated heterocycles. The van der Waals surface area contributed by atoms with Crippen LogP contribution in [-0.4, -0.2) is 19.1 Å². The van der Waals surface area contributed by atoms with Crippen molar-refractivity contribution in [3.63, 3.8) is 0 Å². The van der Waals surface area contributed by atoms with Gasteiger partial charge in [-0.1, -0.05) is 0 Å². The highest BCUT2D eigenvalue weighted by molar-refractivity contribution is 4.68. The number of nitrogens with zero attached hydrogens (tertiary/aromatic N) is 1. The third-order valence-electron chi connectivity index (χ3n) is 1.38. The highest BCUT2D eigenvalue weighted by Gasteiger charge is 2.09. The van der Waals surface area contributed by atoms with E-state index in [2.05, 4.69) is 10.9 Å². The van der Waals surface area contributed by atoms with Crippen molar-refractivity contribution >= 4 is 0 Å². The summed E-state index contributed by atoms with van der Waals surface area (Å²) in [6, 6.07) is 0.448. The molecular formula is C5H12N3. The molecule has 0 amide bonds. The van der Waals surface area contributed by atoms with Gasteiger partial charge in [0.25, 0.3) is 0 Å². The molecule has 1 rings (SSSR count). The van der Waals surface area contributed by atoms with Gasteiger partial charge in [-0.25, -0.2) is 5.43 Å². The van der Waals surface area contributed by atoms with Crippen LogP contribution in [0.15, 0.2) is 0 Å². The van der Waals surface area contributed by atoms with Crippen molar-refractivity contribution in [2.24, 2.45) is 5.73 Å². The van der Waals surface area contributed by atoms with Crippen LogP contribution in [0.5, 0.6) is 0 Å². The quantitative estimate of drug-likeness (QED) is 0.469. The van der Waals surface area contributed by atoms with Crippen LogP contribution in [-0.2, 0) is 0 Å². The molecule has 0 saturated carbocycles.